The van der Waals surface area contributed by atoms with Gasteiger partial charge in [-0.1, -0.05) is 11.6 Å². The van der Waals surface area contributed by atoms with Gasteiger partial charge in [0.1, 0.15) is 5.82 Å². The van der Waals surface area contributed by atoms with E-state index < -0.39 is 0 Å². The number of aliphatic hydroxyl groups excluding tert-OH is 1. The van der Waals surface area contributed by atoms with Crippen LogP contribution < -0.4 is 4.90 Å². The van der Waals surface area contributed by atoms with Gasteiger partial charge in [-0.15, -0.1) is 0 Å². The molecule has 1 aliphatic heterocycles. The van der Waals surface area contributed by atoms with Crippen molar-refractivity contribution in [3.8, 4) is 0 Å². The highest BCUT2D eigenvalue weighted by molar-refractivity contribution is 6.32. The van der Waals surface area contributed by atoms with Gasteiger partial charge in [-0.3, -0.25) is 0 Å². The molecule has 2 heterocycles. The molecule has 1 fully saturated rings. The number of aliphatic hydroxyl groups is 1. The van der Waals surface area contributed by atoms with Crippen molar-refractivity contribution in [2.75, 3.05) is 18.0 Å². The molecule has 0 aliphatic carbocycles. The van der Waals surface area contributed by atoms with Crippen molar-refractivity contribution in [1.82, 2.24) is 4.98 Å². The second kappa shape index (κ2) is 4.15. The third-order valence-electron chi connectivity index (χ3n) is 2.38. The quantitative estimate of drug-likeness (QED) is 0.774. The van der Waals surface area contributed by atoms with Crippen LogP contribution in [0.4, 0.5) is 5.82 Å². The topological polar surface area (TPSA) is 36.4 Å². The molecule has 0 amide bonds. The number of piperidine rings is 1. The van der Waals surface area contributed by atoms with Crippen molar-refractivity contribution < 1.29 is 5.11 Å². The summed E-state index contributed by atoms with van der Waals surface area (Å²) in [5, 5.41) is 9.95. The van der Waals surface area contributed by atoms with Crippen LogP contribution in [0.1, 0.15) is 12.8 Å². The molecule has 1 aromatic heterocycles. The zero-order valence-corrected chi connectivity index (χ0v) is 8.54. The molecule has 1 saturated heterocycles. The lowest BCUT2D eigenvalue weighted by molar-refractivity contribution is 0.256. The van der Waals surface area contributed by atoms with Crippen LogP contribution >= 0.6 is 11.6 Å². The van der Waals surface area contributed by atoms with E-state index in [1.807, 2.05) is 12.1 Å². The van der Waals surface area contributed by atoms with E-state index in [0.717, 1.165) is 18.9 Å². The molecule has 0 spiro atoms. The van der Waals surface area contributed by atoms with Gasteiger partial charge >= 0.3 is 0 Å². The van der Waals surface area contributed by atoms with Gasteiger partial charge < -0.3 is 10.0 Å². The molecule has 0 aromatic carbocycles. The van der Waals surface area contributed by atoms with Gasteiger partial charge in [0, 0.05) is 19.3 Å². The maximum absolute atomic E-state index is 9.28. The molecule has 75 valence electrons. The molecular weight excluding hydrogens is 200 g/mol. The molecule has 0 saturated carbocycles. The number of hydrogen-bond donors (Lipinski definition) is 1. The minimum absolute atomic E-state index is 0.577. The average Bonchev–Trinajstić information content (AvgIpc) is 2.20. The van der Waals surface area contributed by atoms with E-state index in [-0.39, 0.29) is 0 Å². The zero-order valence-electron chi connectivity index (χ0n) is 7.78. The maximum atomic E-state index is 9.28. The van der Waals surface area contributed by atoms with Crippen LogP contribution in [-0.4, -0.2) is 23.2 Å². The van der Waals surface area contributed by atoms with Gasteiger partial charge in [0.25, 0.3) is 0 Å². The normalized spacial score (nSPS) is 18.6. The van der Waals surface area contributed by atoms with E-state index in [0.29, 0.717) is 24.0 Å². The number of nitrogens with zero attached hydrogens (tertiary/aromatic N) is 2. The summed E-state index contributed by atoms with van der Waals surface area (Å²) < 4.78 is 0. The molecule has 0 atom stereocenters. The number of rotatable bonds is 1. The Kier molecular flexibility index (Phi) is 2.89. The lowest BCUT2D eigenvalue weighted by Gasteiger charge is -2.30. The van der Waals surface area contributed by atoms with Crippen molar-refractivity contribution in [2.24, 2.45) is 0 Å². The molecule has 4 heteroatoms. The highest BCUT2D eigenvalue weighted by atomic mass is 35.5. The Morgan fingerprint density at radius 3 is 2.71 bits per heavy atom. The summed E-state index contributed by atoms with van der Waals surface area (Å²) in [7, 11) is 0. The minimum atomic E-state index is 0.577. The van der Waals surface area contributed by atoms with Crippen LogP contribution in [0.15, 0.2) is 18.3 Å². The monoisotopic (exact) mass is 211 g/mol. The number of aromatic nitrogens is 1. The summed E-state index contributed by atoms with van der Waals surface area (Å²) in [5.41, 5.74) is 0. The lowest BCUT2D eigenvalue weighted by Crippen LogP contribution is -2.33. The lowest BCUT2D eigenvalue weighted by atomic mass is 10.1. The van der Waals surface area contributed by atoms with Gasteiger partial charge in [0.05, 0.1) is 11.1 Å². The van der Waals surface area contributed by atoms with Crippen LogP contribution in [0.5, 0.6) is 0 Å². The average molecular weight is 212 g/mol. The third kappa shape index (κ3) is 1.99. The Morgan fingerprint density at radius 2 is 2.07 bits per heavy atom. The van der Waals surface area contributed by atoms with Crippen LogP contribution in [0.25, 0.3) is 0 Å². The highest BCUT2D eigenvalue weighted by Crippen LogP contribution is 2.26. The highest BCUT2D eigenvalue weighted by Gasteiger charge is 2.20. The third-order valence-corrected chi connectivity index (χ3v) is 2.67. The van der Waals surface area contributed by atoms with E-state index in [1.165, 1.54) is 0 Å². The van der Waals surface area contributed by atoms with Crippen molar-refractivity contribution in [2.45, 2.75) is 12.8 Å². The van der Waals surface area contributed by atoms with E-state index >= 15 is 0 Å². The van der Waals surface area contributed by atoms with Crippen LogP contribution in [0, 0.1) is 6.10 Å². The van der Waals surface area contributed by atoms with Gasteiger partial charge in [-0.05, 0) is 25.0 Å². The minimum Gasteiger partial charge on any atom is -0.387 e. The fourth-order valence-electron chi connectivity index (χ4n) is 1.59. The molecule has 0 unspecified atom stereocenters. The van der Waals surface area contributed by atoms with E-state index in [2.05, 4.69) is 9.88 Å². The summed E-state index contributed by atoms with van der Waals surface area (Å²) in [6.45, 7) is 1.59. The van der Waals surface area contributed by atoms with Crippen molar-refractivity contribution in [3.05, 3.63) is 29.5 Å². The number of halogens is 1. The predicted octanol–water partition coefficient (Wildman–Crippen LogP) is 2.24. The first-order valence-electron chi connectivity index (χ1n) is 4.66. The molecule has 1 N–H and O–H groups in total. The first kappa shape index (κ1) is 9.74. The summed E-state index contributed by atoms with van der Waals surface area (Å²) in [5.74, 6) is 0.821. The first-order chi connectivity index (χ1) is 6.77. The Balaban J connectivity index is 2.12. The molecule has 2 rings (SSSR count). The second-order valence-corrected chi connectivity index (χ2v) is 3.77. The Hall–Kier alpha value is -0.800. The SMILES string of the molecule is O[C]1CCN(c2ncccc2Cl)CC1. The standard InChI is InChI=1S/C10H12ClN2O/c11-9-2-1-5-12-10(9)13-6-3-8(14)4-7-13/h1-2,5,14H,3-4,6-7H2. The smallest absolute Gasteiger partial charge is 0.147 e. The zero-order chi connectivity index (χ0) is 9.97. The molecule has 14 heavy (non-hydrogen) atoms. The maximum Gasteiger partial charge on any atom is 0.147 e. The summed E-state index contributed by atoms with van der Waals surface area (Å²) >= 11 is 6.02. The van der Waals surface area contributed by atoms with Crippen molar-refractivity contribution >= 4 is 17.4 Å². The van der Waals surface area contributed by atoms with Gasteiger partial charge in [0.15, 0.2) is 0 Å². The van der Waals surface area contributed by atoms with Crippen LogP contribution in [0.3, 0.4) is 0 Å². The summed E-state index contributed by atoms with van der Waals surface area (Å²) in [4.78, 5) is 6.33. The van der Waals surface area contributed by atoms with E-state index in [4.69, 9.17) is 11.6 Å². The number of pyridine rings is 1. The van der Waals surface area contributed by atoms with Crippen LogP contribution in [-0.2, 0) is 0 Å². The Morgan fingerprint density at radius 1 is 1.36 bits per heavy atom. The number of anilines is 1. The van der Waals surface area contributed by atoms with Gasteiger partial charge in [0.2, 0.25) is 0 Å². The predicted molar refractivity (Wildman–Crippen MR) is 55.9 cm³/mol. The first-order valence-corrected chi connectivity index (χ1v) is 5.04. The molecule has 1 aliphatic rings. The number of hydrogen-bond acceptors (Lipinski definition) is 3. The van der Waals surface area contributed by atoms with Gasteiger partial charge in [-0.25, -0.2) is 4.98 Å². The summed E-state index contributed by atoms with van der Waals surface area (Å²) in [6.07, 6.45) is 3.74. The molecule has 1 radical (unpaired) electrons. The molecular formula is C10H12ClN2O. The van der Waals surface area contributed by atoms with Crippen molar-refractivity contribution in [3.63, 3.8) is 0 Å². The Bertz CT molecular complexity index is 311. The van der Waals surface area contributed by atoms with E-state index in [9.17, 15) is 5.11 Å². The van der Waals surface area contributed by atoms with Crippen molar-refractivity contribution in [1.29, 1.82) is 0 Å². The van der Waals surface area contributed by atoms with E-state index in [1.54, 1.807) is 6.20 Å². The van der Waals surface area contributed by atoms with Crippen LogP contribution in [0.2, 0.25) is 5.02 Å². The molecule has 1 aromatic rings. The fraction of sp³-hybridized carbons (Fsp3) is 0.400. The largest absolute Gasteiger partial charge is 0.387 e. The second-order valence-electron chi connectivity index (χ2n) is 3.36. The van der Waals surface area contributed by atoms with Gasteiger partial charge in [-0.2, -0.15) is 0 Å². The summed E-state index contributed by atoms with van der Waals surface area (Å²) in [6, 6.07) is 3.65. The molecule has 3 nitrogen and oxygen atoms in total. The molecule has 0 bridgehead atoms. The fourth-order valence-corrected chi connectivity index (χ4v) is 1.83. The Labute approximate surface area is 88.3 Å².